The topological polar surface area (TPSA) is 72.6 Å². The highest BCUT2D eigenvalue weighted by molar-refractivity contribution is 5.85. The maximum atomic E-state index is 10.8. The Hall–Kier alpha value is -1.36. The molecule has 1 N–H and O–H groups in total. The number of hydrogen-bond donors (Lipinski definition) is 1. The first kappa shape index (κ1) is 10.2. The van der Waals surface area contributed by atoms with Crippen molar-refractivity contribution >= 4 is 5.97 Å². The first-order chi connectivity index (χ1) is 7.13. The molecule has 0 aliphatic heterocycles. The molecule has 1 aromatic heterocycles. The SMILES string of the molecule is COCc1nc(C2CC2C)oc1C(=O)O. The number of hydrogen-bond acceptors (Lipinski definition) is 4. The van der Waals surface area contributed by atoms with Crippen LogP contribution in [0.25, 0.3) is 0 Å². The van der Waals surface area contributed by atoms with Crippen molar-refractivity contribution in [1.29, 1.82) is 0 Å². The van der Waals surface area contributed by atoms with Crippen molar-refractivity contribution in [2.75, 3.05) is 7.11 Å². The van der Waals surface area contributed by atoms with Crippen molar-refractivity contribution < 1.29 is 19.1 Å². The number of ether oxygens (including phenoxy) is 1. The number of aromatic nitrogens is 1. The minimum Gasteiger partial charge on any atom is -0.475 e. The summed E-state index contributed by atoms with van der Waals surface area (Å²) in [5, 5.41) is 8.88. The molecule has 1 aromatic rings. The predicted octanol–water partition coefficient (Wildman–Crippen LogP) is 1.64. The van der Waals surface area contributed by atoms with Crippen LogP contribution >= 0.6 is 0 Å². The first-order valence-electron chi connectivity index (χ1n) is 4.85. The summed E-state index contributed by atoms with van der Waals surface area (Å²) in [4.78, 5) is 15.0. The summed E-state index contributed by atoms with van der Waals surface area (Å²) in [5.41, 5.74) is 0.374. The molecule has 0 radical (unpaired) electrons. The normalized spacial score (nSPS) is 24.1. The van der Waals surface area contributed by atoms with Gasteiger partial charge in [-0.3, -0.25) is 0 Å². The van der Waals surface area contributed by atoms with Crippen molar-refractivity contribution in [3.05, 3.63) is 17.3 Å². The Morgan fingerprint density at radius 3 is 2.87 bits per heavy atom. The van der Waals surface area contributed by atoms with Crippen molar-refractivity contribution in [3.63, 3.8) is 0 Å². The fraction of sp³-hybridized carbons (Fsp3) is 0.600. The monoisotopic (exact) mass is 211 g/mol. The number of carbonyl (C=O) groups is 1. The van der Waals surface area contributed by atoms with Gasteiger partial charge in [-0.05, 0) is 12.3 Å². The van der Waals surface area contributed by atoms with Gasteiger partial charge in [-0.1, -0.05) is 6.92 Å². The predicted molar refractivity (Wildman–Crippen MR) is 50.7 cm³/mol. The number of nitrogens with zero attached hydrogens (tertiary/aromatic N) is 1. The van der Waals surface area contributed by atoms with E-state index in [9.17, 15) is 4.79 Å². The van der Waals surface area contributed by atoms with E-state index >= 15 is 0 Å². The third-order valence-electron chi connectivity index (χ3n) is 2.62. The van der Waals surface area contributed by atoms with Crippen LogP contribution in [0.1, 0.15) is 41.4 Å². The minimum atomic E-state index is -1.09. The van der Waals surface area contributed by atoms with Gasteiger partial charge in [0.05, 0.1) is 6.61 Å². The van der Waals surface area contributed by atoms with Gasteiger partial charge in [0.25, 0.3) is 0 Å². The second-order valence-electron chi connectivity index (χ2n) is 3.89. The van der Waals surface area contributed by atoms with Crippen LogP contribution in [0.15, 0.2) is 4.42 Å². The summed E-state index contributed by atoms with van der Waals surface area (Å²) in [6.45, 7) is 2.26. The Labute approximate surface area is 87.1 Å². The van der Waals surface area contributed by atoms with Gasteiger partial charge in [-0.2, -0.15) is 0 Å². The largest absolute Gasteiger partial charge is 0.475 e. The maximum absolute atomic E-state index is 10.8. The second-order valence-corrected chi connectivity index (χ2v) is 3.89. The smallest absolute Gasteiger partial charge is 0.373 e. The zero-order chi connectivity index (χ0) is 11.0. The number of rotatable bonds is 4. The number of oxazole rings is 1. The highest BCUT2D eigenvalue weighted by Gasteiger charge is 2.39. The third kappa shape index (κ3) is 1.87. The molecule has 1 aliphatic rings. The van der Waals surface area contributed by atoms with Crippen LogP contribution in [-0.2, 0) is 11.3 Å². The zero-order valence-corrected chi connectivity index (χ0v) is 8.69. The molecule has 5 nitrogen and oxygen atoms in total. The Kier molecular flexibility index (Phi) is 2.48. The van der Waals surface area contributed by atoms with Crippen molar-refractivity contribution in [3.8, 4) is 0 Å². The van der Waals surface area contributed by atoms with E-state index in [2.05, 4.69) is 11.9 Å². The number of aromatic carboxylic acids is 1. The van der Waals surface area contributed by atoms with Crippen LogP contribution in [0.5, 0.6) is 0 Å². The number of methoxy groups -OCH3 is 1. The molecule has 82 valence electrons. The van der Waals surface area contributed by atoms with E-state index in [1.807, 2.05) is 0 Å². The maximum Gasteiger partial charge on any atom is 0.373 e. The van der Waals surface area contributed by atoms with E-state index in [0.717, 1.165) is 6.42 Å². The summed E-state index contributed by atoms with van der Waals surface area (Å²) in [6, 6.07) is 0. The molecule has 5 heteroatoms. The van der Waals surface area contributed by atoms with E-state index < -0.39 is 5.97 Å². The molecule has 1 saturated carbocycles. The average molecular weight is 211 g/mol. The van der Waals surface area contributed by atoms with Crippen molar-refractivity contribution in [2.24, 2.45) is 5.92 Å². The minimum absolute atomic E-state index is 0.0917. The number of carboxylic acids is 1. The van der Waals surface area contributed by atoms with E-state index in [0.29, 0.717) is 17.5 Å². The van der Waals surface area contributed by atoms with Gasteiger partial charge in [0, 0.05) is 13.0 Å². The van der Waals surface area contributed by atoms with E-state index in [1.165, 1.54) is 7.11 Å². The van der Waals surface area contributed by atoms with Crippen LogP contribution in [0, 0.1) is 5.92 Å². The molecule has 2 atom stereocenters. The van der Waals surface area contributed by atoms with Gasteiger partial charge in [0.15, 0.2) is 5.89 Å². The average Bonchev–Trinajstić information content (AvgIpc) is 2.76. The fourth-order valence-electron chi connectivity index (χ4n) is 1.60. The lowest BCUT2D eigenvalue weighted by molar-refractivity contribution is 0.0653. The molecule has 1 aliphatic carbocycles. The highest BCUT2D eigenvalue weighted by Crippen LogP contribution is 2.46. The van der Waals surface area contributed by atoms with Crippen molar-refractivity contribution in [2.45, 2.75) is 25.9 Å². The highest BCUT2D eigenvalue weighted by atomic mass is 16.5. The van der Waals surface area contributed by atoms with E-state index in [1.54, 1.807) is 0 Å². The summed E-state index contributed by atoms with van der Waals surface area (Å²) in [6.07, 6.45) is 1.02. The van der Waals surface area contributed by atoms with Crippen LogP contribution in [0.4, 0.5) is 0 Å². The van der Waals surface area contributed by atoms with Crippen LogP contribution in [-0.4, -0.2) is 23.2 Å². The molecule has 1 fully saturated rings. The quantitative estimate of drug-likeness (QED) is 0.819. The van der Waals surface area contributed by atoms with Gasteiger partial charge in [0.2, 0.25) is 5.76 Å². The second kappa shape index (κ2) is 3.66. The lowest BCUT2D eigenvalue weighted by atomic mass is 10.3. The summed E-state index contributed by atoms with van der Waals surface area (Å²) in [5.74, 6) is 0.182. The third-order valence-corrected chi connectivity index (χ3v) is 2.62. The first-order valence-corrected chi connectivity index (χ1v) is 4.85. The van der Waals surface area contributed by atoms with Gasteiger partial charge in [-0.15, -0.1) is 0 Å². The van der Waals surface area contributed by atoms with Gasteiger partial charge in [-0.25, -0.2) is 9.78 Å². The Morgan fingerprint density at radius 1 is 1.73 bits per heavy atom. The Morgan fingerprint density at radius 2 is 2.40 bits per heavy atom. The zero-order valence-electron chi connectivity index (χ0n) is 8.69. The molecule has 0 amide bonds. The lowest BCUT2D eigenvalue weighted by Gasteiger charge is -1.92. The van der Waals surface area contributed by atoms with Crippen molar-refractivity contribution in [1.82, 2.24) is 4.98 Å². The summed E-state index contributed by atoms with van der Waals surface area (Å²) in [7, 11) is 1.50. The van der Waals surface area contributed by atoms with Crippen LogP contribution in [0.2, 0.25) is 0 Å². The molecule has 15 heavy (non-hydrogen) atoms. The number of carboxylic acid groups (broad SMARTS) is 1. The lowest BCUT2D eigenvalue weighted by Crippen LogP contribution is -2.00. The van der Waals surface area contributed by atoms with Gasteiger partial charge in [0.1, 0.15) is 5.69 Å². The Bertz CT molecular complexity index is 385. The molecule has 0 aromatic carbocycles. The van der Waals surface area contributed by atoms with Crippen LogP contribution < -0.4 is 0 Å². The summed E-state index contributed by atoms with van der Waals surface area (Å²) >= 11 is 0. The molecule has 0 spiro atoms. The summed E-state index contributed by atoms with van der Waals surface area (Å²) < 4.78 is 10.1. The van der Waals surface area contributed by atoms with Gasteiger partial charge >= 0.3 is 5.97 Å². The standard InChI is InChI=1S/C10H13NO4/c1-5-3-6(5)9-11-7(4-14-2)8(15-9)10(12)13/h5-6H,3-4H2,1-2H3,(H,12,13). The van der Waals surface area contributed by atoms with E-state index in [4.69, 9.17) is 14.3 Å². The van der Waals surface area contributed by atoms with Gasteiger partial charge < -0.3 is 14.3 Å². The van der Waals surface area contributed by atoms with Crippen LogP contribution in [0.3, 0.4) is 0 Å². The molecule has 0 saturated heterocycles. The Balaban J connectivity index is 2.27. The molecule has 2 rings (SSSR count). The van der Waals surface area contributed by atoms with E-state index in [-0.39, 0.29) is 18.3 Å². The molecule has 2 unspecified atom stereocenters. The molecular formula is C10H13NO4. The molecule has 0 bridgehead atoms. The molecular weight excluding hydrogens is 198 g/mol. The fourth-order valence-corrected chi connectivity index (χ4v) is 1.60. The molecule has 1 heterocycles.